The summed E-state index contributed by atoms with van der Waals surface area (Å²) in [6.45, 7) is 7.42. The largest absolute Gasteiger partial charge is 0.373 e. The van der Waals surface area contributed by atoms with Crippen molar-refractivity contribution in [3.63, 3.8) is 0 Å². The number of benzene rings is 1. The molecule has 0 radical (unpaired) electrons. The standard InChI is InChI=1S/C19H28FN3O.HI/c1-4-21-18(23-16-11-13-9-10-17(16)24-13)22-12-19(2,3)14-7-5-6-8-15(14)20;/h5-8,13,16-17H,4,9-12H2,1-3H3,(H2,21,22,23);1H. The average Bonchev–Trinajstić information content (AvgIpc) is 3.16. The molecule has 25 heavy (non-hydrogen) atoms. The third kappa shape index (κ3) is 4.84. The number of hydrogen-bond donors (Lipinski definition) is 2. The molecule has 1 aromatic carbocycles. The average molecular weight is 461 g/mol. The second kappa shape index (κ2) is 8.66. The number of aliphatic imine (C=N–C) groups is 1. The Hall–Kier alpha value is -0.890. The van der Waals surface area contributed by atoms with Crippen molar-refractivity contribution in [2.75, 3.05) is 13.1 Å². The van der Waals surface area contributed by atoms with E-state index in [1.54, 1.807) is 6.07 Å². The Morgan fingerprint density at radius 1 is 1.32 bits per heavy atom. The lowest BCUT2D eigenvalue weighted by molar-refractivity contribution is 0.0992. The third-order valence-electron chi connectivity index (χ3n) is 5.01. The molecule has 3 atom stereocenters. The van der Waals surface area contributed by atoms with Gasteiger partial charge in [0.15, 0.2) is 5.96 Å². The first-order valence-electron chi connectivity index (χ1n) is 8.95. The van der Waals surface area contributed by atoms with Crippen LogP contribution in [0.5, 0.6) is 0 Å². The van der Waals surface area contributed by atoms with E-state index >= 15 is 0 Å². The molecule has 140 valence electrons. The van der Waals surface area contributed by atoms with Crippen LogP contribution in [0.15, 0.2) is 29.3 Å². The second-order valence-corrected chi connectivity index (χ2v) is 7.42. The summed E-state index contributed by atoms with van der Waals surface area (Å²) in [6.07, 6.45) is 4.06. The van der Waals surface area contributed by atoms with Crippen LogP contribution < -0.4 is 10.6 Å². The summed E-state index contributed by atoms with van der Waals surface area (Å²) in [5, 5.41) is 6.80. The molecule has 2 fully saturated rings. The Labute approximate surface area is 167 Å². The lowest BCUT2D eigenvalue weighted by Gasteiger charge is -2.26. The fraction of sp³-hybridized carbons (Fsp3) is 0.632. The summed E-state index contributed by atoms with van der Waals surface area (Å²) < 4.78 is 20.0. The monoisotopic (exact) mass is 461 g/mol. The van der Waals surface area contributed by atoms with Crippen molar-refractivity contribution in [2.24, 2.45) is 4.99 Å². The van der Waals surface area contributed by atoms with Gasteiger partial charge in [0.25, 0.3) is 0 Å². The van der Waals surface area contributed by atoms with E-state index in [4.69, 9.17) is 9.73 Å². The van der Waals surface area contributed by atoms with E-state index in [0.29, 0.717) is 30.4 Å². The molecule has 2 aliphatic heterocycles. The van der Waals surface area contributed by atoms with Gasteiger partial charge < -0.3 is 15.4 Å². The maximum Gasteiger partial charge on any atom is 0.191 e. The number of fused-ring (bicyclic) bond motifs is 2. The zero-order valence-electron chi connectivity index (χ0n) is 15.2. The number of rotatable bonds is 5. The summed E-state index contributed by atoms with van der Waals surface area (Å²) in [5.74, 6) is 0.625. The minimum atomic E-state index is -0.362. The van der Waals surface area contributed by atoms with Gasteiger partial charge in [-0.2, -0.15) is 0 Å². The summed E-state index contributed by atoms with van der Waals surface area (Å²) in [5.41, 5.74) is 0.339. The molecule has 6 heteroatoms. The first-order chi connectivity index (χ1) is 11.5. The molecule has 2 bridgehead atoms. The Balaban J connectivity index is 0.00000225. The highest BCUT2D eigenvalue weighted by molar-refractivity contribution is 14.0. The van der Waals surface area contributed by atoms with Crippen molar-refractivity contribution in [2.45, 2.75) is 63.7 Å². The van der Waals surface area contributed by atoms with E-state index in [9.17, 15) is 4.39 Å². The number of nitrogens with zero attached hydrogens (tertiary/aromatic N) is 1. The Bertz CT molecular complexity index is 608. The SMILES string of the molecule is CCNC(=NCC(C)(C)c1ccccc1F)NC1CC2CCC1O2.I. The number of ether oxygens (including phenoxy) is 1. The molecule has 0 spiro atoms. The van der Waals surface area contributed by atoms with E-state index in [-0.39, 0.29) is 35.2 Å². The maximum absolute atomic E-state index is 14.1. The van der Waals surface area contributed by atoms with Crippen LogP contribution in [0.2, 0.25) is 0 Å². The van der Waals surface area contributed by atoms with Crippen LogP contribution in [-0.2, 0) is 10.2 Å². The Kier molecular flexibility index (Phi) is 7.08. The van der Waals surface area contributed by atoms with Crippen molar-refractivity contribution < 1.29 is 9.13 Å². The fourth-order valence-electron chi connectivity index (χ4n) is 3.66. The van der Waals surface area contributed by atoms with Gasteiger partial charge in [-0.1, -0.05) is 32.0 Å². The molecule has 2 saturated heterocycles. The molecule has 2 aliphatic rings. The van der Waals surface area contributed by atoms with Gasteiger partial charge in [0, 0.05) is 12.0 Å². The van der Waals surface area contributed by atoms with E-state index in [1.165, 1.54) is 12.5 Å². The molecule has 2 N–H and O–H groups in total. The number of hydrogen-bond acceptors (Lipinski definition) is 2. The number of nitrogens with one attached hydrogen (secondary N) is 2. The summed E-state index contributed by atoms with van der Waals surface area (Å²) in [7, 11) is 0. The topological polar surface area (TPSA) is 45.7 Å². The van der Waals surface area contributed by atoms with Crippen LogP contribution in [0, 0.1) is 5.82 Å². The highest BCUT2D eigenvalue weighted by atomic mass is 127. The van der Waals surface area contributed by atoms with Gasteiger partial charge in [0.1, 0.15) is 5.82 Å². The van der Waals surface area contributed by atoms with Crippen molar-refractivity contribution in [3.8, 4) is 0 Å². The van der Waals surface area contributed by atoms with Crippen LogP contribution in [0.1, 0.15) is 45.6 Å². The lowest BCUT2D eigenvalue weighted by Crippen LogP contribution is -2.47. The molecule has 0 amide bonds. The number of guanidine groups is 1. The summed E-state index contributed by atoms with van der Waals surface area (Å²) in [6, 6.07) is 7.28. The first-order valence-corrected chi connectivity index (χ1v) is 8.95. The van der Waals surface area contributed by atoms with Gasteiger partial charge in [-0.15, -0.1) is 24.0 Å². The molecule has 0 saturated carbocycles. The Morgan fingerprint density at radius 2 is 2.08 bits per heavy atom. The maximum atomic E-state index is 14.1. The molecular formula is C19H29FIN3O. The van der Waals surface area contributed by atoms with E-state index in [0.717, 1.165) is 25.3 Å². The molecule has 2 heterocycles. The van der Waals surface area contributed by atoms with Crippen molar-refractivity contribution in [1.82, 2.24) is 10.6 Å². The molecular weight excluding hydrogens is 432 g/mol. The predicted molar refractivity (Wildman–Crippen MR) is 110 cm³/mol. The van der Waals surface area contributed by atoms with Gasteiger partial charge >= 0.3 is 0 Å². The van der Waals surface area contributed by atoms with Crippen LogP contribution in [0.25, 0.3) is 0 Å². The molecule has 3 unspecified atom stereocenters. The van der Waals surface area contributed by atoms with E-state index < -0.39 is 0 Å². The van der Waals surface area contributed by atoms with Crippen LogP contribution in [0.4, 0.5) is 4.39 Å². The van der Waals surface area contributed by atoms with E-state index in [1.807, 2.05) is 26.0 Å². The normalized spacial score (nSPS) is 25.6. The predicted octanol–water partition coefficient (Wildman–Crippen LogP) is 3.60. The van der Waals surface area contributed by atoms with Crippen LogP contribution in [0.3, 0.4) is 0 Å². The van der Waals surface area contributed by atoms with Crippen molar-refractivity contribution in [3.05, 3.63) is 35.6 Å². The second-order valence-electron chi connectivity index (χ2n) is 7.42. The summed E-state index contributed by atoms with van der Waals surface area (Å²) >= 11 is 0. The molecule has 0 aromatic heterocycles. The number of halogens is 2. The highest BCUT2D eigenvalue weighted by Gasteiger charge is 2.41. The summed E-state index contributed by atoms with van der Waals surface area (Å²) in [4.78, 5) is 4.72. The molecule has 4 nitrogen and oxygen atoms in total. The van der Waals surface area contributed by atoms with Crippen LogP contribution in [-0.4, -0.2) is 37.3 Å². The van der Waals surface area contributed by atoms with Gasteiger partial charge in [-0.25, -0.2) is 4.39 Å². The quantitative estimate of drug-likeness (QED) is 0.400. The minimum Gasteiger partial charge on any atom is -0.373 e. The van der Waals surface area contributed by atoms with Crippen molar-refractivity contribution in [1.29, 1.82) is 0 Å². The molecule has 0 aliphatic carbocycles. The van der Waals surface area contributed by atoms with Gasteiger partial charge in [-0.3, -0.25) is 4.99 Å². The smallest absolute Gasteiger partial charge is 0.191 e. The van der Waals surface area contributed by atoms with Gasteiger partial charge in [0.2, 0.25) is 0 Å². The van der Waals surface area contributed by atoms with Crippen LogP contribution >= 0.6 is 24.0 Å². The highest BCUT2D eigenvalue weighted by Crippen LogP contribution is 2.34. The lowest BCUT2D eigenvalue weighted by atomic mass is 9.84. The first kappa shape index (κ1) is 20.4. The molecule has 3 rings (SSSR count). The van der Waals surface area contributed by atoms with Crippen molar-refractivity contribution >= 4 is 29.9 Å². The molecule has 1 aromatic rings. The fourth-order valence-corrected chi connectivity index (χ4v) is 3.66. The third-order valence-corrected chi connectivity index (χ3v) is 5.01. The zero-order chi connectivity index (χ0) is 17.2. The Morgan fingerprint density at radius 3 is 2.68 bits per heavy atom. The minimum absolute atomic E-state index is 0. The van der Waals surface area contributed by atoms with E-state index in [2.05, 4.69) is 17.6 Å². The zero-order valence-corrected chi connectivity index (χ0v) is 17.5. The van der Waals surface area contributed by atoms with Gasteiger partial charge in [0.05, 0.1) is 24.8 Å². The van der Waals surface area contributed by atoms with Gasteiger partial charge in [-0.05, 0) is 37.8 Å².